The maximum absolute atomic E-state index is 5.34. The van der Waals surface area contributed by atoms with Crippen LogP contribution in [-0.4, -0.2) is 12.1 Å². The molecule has 0 aliphatic heterocycles. The van der Waals surface area contributed by atoms with E-state index < -0.39 is 0 Å². The second kappa shape index (κ2) is 5.06. The Labute approximate surface area is 112 Å². The average molecular weight is 252 g/mol. The predicted octanol–water partition coefficient (Wildman–Crippen LogP) is 3.79. The molecule has 0 unspecified atom stereocenters. The molecule has 1 aromatic heterocycles. The third-order valence-corrected chi connectivity index (χ3v) is 3.26. The summed E-state index contributed by atoms with van der Waals surface area (Å²) in [6, 6.07) is 16.3. The van der Waals surface area contributed by atoms with Crippen molar-refractivity contribution in [1.82, 2.24) is 4.98 Å². The van der Waals surface area contributed by atoms with Crippen LogP contribution in [0.3, 0.4) is 0 Å². The van der Waals surface area contributed by atoms with Crippen LogP contribution >= 0.6 is 0 Å². The molecule has 0 aliphatic rings. The van der Waals surface area contributed by atoms with Gasteiger partial charge in [0.1, 0.15) is 5.75 Å². The average Bonchev–Trinajstić information content (AvgIpc) is 2.94. The van der Waals surface area contributed by atoms with E-state index in [1.54, 1.807) is 7.11 Å². The van der Waals surface area contributed by atoms with Crippen molar-refractivity contribution >= 4 is 16.6 Å². The minimum Gasteiger partial charge on any atom is -0.495 e. The summed E-state index contributed by atoms with van der Waals surface area (Å²) in [6.45, 7) is 0.773. The molecule has 1 heterocycles. The van der Waals surface area contributed by atoms with Crippen molar-refractivity contribution in [2.24, 2.45) is 0 Å². The number of aromatic nitrogens is 1. The van der Waals surface area contributed by atoms with Gasteiger partial charge in [-0.1, -0.05) is 24.3 Å². The molecule has 0 saturated carbocycles. The molecule has 0 amide bonds. The van der Waals surface area contributed by atoms with Gasteiger partial charge in [0.15, 0.2) is 0 Å². The first-order valence-corrected chi connectivity index (χ1v) is 6.30. The van der Waals surface area contributed by atoms with Crippen LogP contribution in [-0.2, 0) is 6.54 Å². The van der Waals surface area contributed by atoms with Crippen molar-refractivity contribution in [1.29, 1.82) is 0 Å². The molecule has 3 heteroatoms. The molecule has 0 atom stereocenters. The fourth-order valence-electron chi connectivity index (χ4n) is 2.29. The number of rotatable bonds is 4. The van der Waals surface area contributed by atoms with Crippen LogP contribution in [0.15, 0.2) is 54.7 Å². The summed E-state index contributed by atoms with van der Waals surface area (Å²) >= 11 is 0. The number of hydrogen-bond acceptors (Lipinski definition) is 2. The first-order valence-electron chi connectivity index (χ1n) is 6.30. The van der Waals surface area contributed by atoms with Crippen LogP contribution < -0.4 is 10.1 Å². The van der Waals surface area contributed by atoms with Crippen molar-refractivity contribution in [2.45, 2.75) is 6.54 Å². The molecule has 3 aromatic rings. The summed E-state index contributed by atoms with van der Waals surface area (Å²) in [5.74, 6) is 0.865. The van der Waals surface area contributed by atoms with E-state index in [0.717, 1.165) is 18.0 Å². The minimum atomic E-state index is 0.773. The van der Waals surface area contributed by atoms with Crippen molar-refractivity contribution in [2.75, 3.05) is 12.4 Å². The monoisotopic (exact) mass is 252 g/mol. The number of ether oxygens (including phenoxy) is 1. The lowest BCUT2D eigenvalue weighted by Gasteiger charge is -2.11. The second-order valence-corrected chi connectivity index (χ2v) is 4.41. The van der Waals surface area contributed by atoms with Gasteiger partial charge in [-0.05, 0) is 29.8 Å². The molecule has 3 rings (SSSR count). The van der Waals surface area contributed by atoms with Crippen LogP contribution in [0.2, 0.25) is 0 Å². The van der Waals surface area contributed by atoms with E-state index >= 15 is 0 Å². The Balaban J connectivity index is 1.84. The lowest BCUT2D eigenvalue weighted by molar-refractivity contribution is 0.416. The van der Waals surface area contributed by atoms with E-state index in [1.807, 2.05) is 30.5 Å². The summed E-state index contributed by atoms with van der Waals surface area (Å²) in [4.78, 5) is 3.23. The van der Waals surface area contributed by atoms with Crippen molar-refractivity contribution in [3.05, 3.63) is 60.3 Å². The van der Waals surface area contributed by atoms with Gasteiger partial charge in [0.25, 0.3) is 0 Å². The first kappa shape index (κ1) is 11.7. The number of anilines is 1. The Bertz CT molecular complexity index is 688. The van der Waals surface area contributed by atoms with Crippen LogP contribution in [0.5, 0.6) is 5.75 Å². The van der Waals surface area contributed by atoms with Crippen molar-refractivity contribution in [3.63, 3.8) is 0 Å². The molecule has 0 aliphatic carbocycles. The van der Waals surface area contributed by atoms with Gasteiger partial charge in [-0.15, -0.1) is 0 Å². The molecular formula is C16H16N2O. The highest BCUT2D eigenvalue weighted by atomic mass is 16.5. The molecule has 0 spiro atoms. The van der Waals surface area contributed by atoms with Gasteiger partial charge in [0.2, 0.25) is 0 Å². The number of para-hydroxylation sites is 2. The van der Waals surface area contributed by atoms with Crippen molar-refractivity contribution < 1.29 is 4.74 Å². The number of H-pyrrole nitrogens is 1. The Kier molecular flexibility index (Phi) is 3.11. The van der Waals surface area contributed by atoms with Gasteiger partial charge in [-0.2, -0.15) is 0 Å². The predicted molar refractivity (Wildman–Crippen MR) is 78.6 cm³/mol. The standard InChI is InChI=1S/C16H16N2O/c1-19-16-8-3-2-6-15(16)18-11-12-5-4-7-14-13(12)9-10-17-14/h2-10,17-18H,11H2,1H3. The third-order valence-electron chi connectivity index (χ3n) is 3.26. The number of fused-ring (bicyclic) bond motifs is 1. The van der Waals surface area contributed by atoms with Gasteiger partial charge in [0.05, 0.1) is 12.8 Å². The first-order chi connectivity index (χ1) is 9.38. The lowest BCUT2D eigenvalue weighted by atomic mass is 10.1. The van der Waals surface area contributed by atoms with Gasteiger partial charge in [0, 0.05) is 23.6 Å². The maximum Gasteiger partial charge on any atom is 0.141 e. The fraction of sp³-hybridized carbons (Fsp3) is 0.125. The molecule has 19 heavy (non-hydrogen) atoms. The Hall–Kier alpha value is -2.42. The van der Waals surface area contributed by atoms with E-state index in [0.29, 0.717) is 0 Å². The Morgan fingerprint density at radius 3 is 2.84 bits per heavy atom. The zero-order valence-corrected chi connectivity index (χ0v) is 10.8. The van der Waals surface area contributed by atoms with Gasteiger partial charge >= 0.3 is 0 Å². The third kappa shape index (κ3) is 2.27. The fourth-order valence-corrected chi connectivity index (χ4v) is 2.29. The molecular weight excluding hydrogens is 236 g/mol. The second-order valence-electron chi connectivity index (χ2n) is 4.41. The Morgan fingerprint density at radius 1 is 1.05 bits per heavy atom. The van der Waals surface area contributed by atoms with Crippen LogP contribution in [0.4, 0.5) is 5.69 Å². The van der Waals surface area contributed by atoms with Gasteiger partial charge in [-0.25, -0.2) is 0 Å². The molecule has 0 radical (unpaired) electrons. The number of aromatic amines is 1. The number of hydrogen-bond donors (Lipinski definition) is 2. The zero-order valence-electron chi connectivity index (χ0n) is 10.8. The molecule has 0 fully saturated rings. The summed E-state index contributed by atoms with van der Waals surface area (Å²) in [5.41, 5.74) is 3.45. The van der Waals surface area contributed by atoms with E-state index in [1.165, 1.54) is 16.5 Å². The van der Waals surface area contributed by atoms with Crippen LogP contribution in [0, 0.1) is 0 Å². The minimum absolute atomic E-state index is 0.773. The normalized spacial score (nSPS) is 10.6. The number of nitrogens with one attached hydrogen (secondary N) is 2. The zero-order chi connectivity index (χ0) is 13.1. The summed E-state index contributed by atoms with van der Waals surface area (Å²) in [6.07, 6.45) is 1.97. The molecule has 2 aromatic carbocycles. The molecule has 96 valence electrons. The highest BCUT2D eigenvalue weighted by Crippen LogP contribution is 2.25. The van der Waals surface area contributed by atoms with Crippen LogP contribution in [0.1, 0.15) is 5.56 Å². The van der Waals surface area contributed by atoms with Crippen molar-refractivity contribution in [3.8, 4) is 5.75 Å². The van der Waals surface area contributed by atoms with E-state index in [4.69, 9.17) is 4.74 Å². The molecule has 0 bridgehead atoms. The Morgan fingerprint density at radius 2 is 1.95 bits per heavy atom. The van der Waals surface area contributed by atoms with Gasteiger partial charge in [-0.3, -0.25) is 0 Å². The number of methoxy groups -OCH3 is 1. The molecule has 3 nitrogen and oxygen atoms in total. The van der Waals surface area contributed by atoms with E-state index in [2.05, 4.69) is 34.6 Å². The highest BCUT2D eigenvalue weighted by molar-refractivity contribution is 5.83. The largest absolute Gasteiger partial charge is 0.495 e. The maximum atomic E-state index is 5.34. The molecule has 2 N–H and O–H groups in total. The summed E-state index contributed by atoms with van der Waals surface area (Å²) < 4.78 is 5.34. The van der Waals surface area contributed by atoms with E-state index in [9.17, 15) is 0 Å². The van der Waals surface area contributed by atoms with E-state index in [-0.39, 0.29) is 0 Å². The smallest absolute Gasteiger partial charge is 0.141 e. The number of benzene rings is 2. The SMILES string of the molecule is COc1ccccc1NCc1cccc2[nH]ccc12. The highest BCUT2D eigenvalue weighted by Gasteiger charge is 2.04. The lowest BCUT2D eigenvalue weighted by Crippen LogP contribution is -2.01. The summed E-state index contributed by atoms with van der Waals surface area (Å²) in [7, 11) is 1.69. The van der Waals surface area contributed by atoms with Crippen LogP contribution in [0.25, 0.3) is 10.9 Å². The topological polar surface area (TPSA) is 37.0 Å². The van der Waals surface area contributed by atoms with Gasteiger partial charge < -0.3 is 15.0 Å². The quantitative estimate of drug-likeness (QED) is 0.741. The molecule has 0 saturated heterocycles. The summed E-state index contributed by atoms with van der Waals surface area (Å²) in [5, 5.41) is 4.68.